The van der Waals surface area contributed by atoms with E-state index in [2.05, 4.69) is 5.32 Å². The van der Waals surface area contributed by atoms with Gasteiger partial charge in [0.15, 0.2) is 0 Å². The topological polar surface area (TPSA) is 145 Å². The van der Waals surface area contributed by atoms with Gasteiger partial charge < -0.3 is 20.7 Å². The number of nitro groups is 1. The summed E-state index contributed by atoms with van der Waals surface area (Å²) in [6.45, 7) is 3.61. The molecule has 0 saturated carbocycles. The standard InChI is InChI=1S/C23H24N4O6S.ClH/c1-23(2)18(22(30)33-12-13-8-10-15(11-9-13)27(31)32)26-20(29)17(21(26)34-23)25-19(28)16(24)14-6-4-3-5-7-14;/h3-11,16-18,21H,12,24H2,1-2H3,(H,25,28);1H/t16?,17-,18+,21-;/m1./s1. The molecular weight excluding hydrogens is 496 g/mol. The third-order valence-corrected chi connectivity index (χ3v) is 7.50. The normalized spacial score (nSPS) is 22.8. The highest BCUT2D eigenvalue weighted by Crippen LogP contribution is 2.51. The van der Waals surface area contributed by atoms with Gasteiger partial charge in [0.2, 0.25) is 11.8 Å². The summed E-state index contributed by atoms with van der Waals surface area (Å²) in [5.41, 5.74) is 7.21. The first-order valence-electron chi connectivity index (χ1n) is 10.6. The second-order valence-corrected chi connectivity index (χ2v) is 10.4. The number of carbonyl (C=O) groups excluding carboxylic acids is 3. The molecule has 0 spiro atoms. The Hall–Kier alpha value is -3.15. The van der Waals surface area contributed by atoms with Crippen molar-refractivity contribution in [3.8, 4) is 0 Å². The lowest BCUT2D eigenvalue weighted by molar-refractivity contribution is -0.384. The van der Waals surface area contributed by atoms with Crippen molar-refractivity contribution in [2.45, 2.75) is 48.7 Å². The van der Waals surface area contributed by atoms with Crippen molar-refractivity contribution in [3.63, 3.8) is 0 Å². The Labute approximate surface area is 212 Å². The fourth-order valence-electron chi connectivity index (χ4n) is 4.13. The van der Waals surface area contributed by atoms with Crippen LogP contribution in [-0.2, 0) is 25.7 Å². The summed E-state index contributed by atoms with van der Waals surface area (Å²) in [6.07, 6.45) is 0. The molecule has 0 aromatic heterocycles. The summed E-state index contributed by atoms with van der Waals surface area (Å²) >= 11 is 1.42. The third-order valence-electron chi connectivity index (χ3n) is 5.93. The molecule has 2 fully saturated rings. The molecule has 10 nitrogen and oxygen atoms in total. The van der Waals surface area contributed by atoms with E-state index < -0.39 is 45.0 Å². The van der Waals surface area contributed by atoms with Gasteiger partial charge in [0, 0.05) is 16.9 Å². The van der Waals surface area contributed by atoms with Crippen LogP contribution in [0.5, 0.6) is 0 Å². The van der Waals surface area contributed by atoms with Crippen LogP contribution in [0.1, 0.15) is 31.0 Å². The van der Waals surface area contributed by atoms with E-state index in [4.69, 9.17) is 10.5 Å². The Kier molecular flexibility index (Phi) is 7.73. The van der Waals surface area contributed by atoms with E-state index in [1.807, 2.05) is 19.9 Å². The highest BCUT2D eigenvalue weighted by molar-refractivity contribution is 8.01. The molecule has 2 aromatic carbocycles. The maximum absolute atomic E-state index is 12.9. The predicted octanol–water partition coefficient (Wildman–Crippen LogP) is 2.31. The van der Waals surface area contributed by atoms with Gasteiger partial charge in [-0.15, -0.1) is 24.2 Å². The molecule has 0 bridgehead atoms. The van der Waals surface area contributed by atoms with Gasteiger partial charge in [-0.3, -0.25) is 19.7 Å². The number of β-lactam (4-membered cyclic amide) rings is 1. The number of fused-ring (bicyclic) bond motifs is 1. The number of benzene rings is 2. The van der Waals surface area contributed by atoms with E-state index in [9.17, 15) is 24.5 Å². The lowest BCUT2D eigenvalue weighted by atomic mass is 9.95. The van der Waals surface area contributed by atoms with Gasteiger partial charge >= 0.3 is 5.97 Å². The van der Waals surface area contributed by atoms with Crippen LogP contribution in [0.15, 0.2) is 54.6 Å². The van der Waals surface area contributed by atoms with Crippen LogP contribution in [0.2, 0.25) is 0 Å². The summed E-state index contributed by atoms with van der Waals surface area (Å²) in [5, 5.41) is 13.1. The largest absolute Gasteiger partial charge is 0.459 e. The van der Waals surface area contributed by atoms with Gasteiger partial charge in [0.25, 0.3) is 5.69 Å². The average molecular weight is 521 g/mol. The number of nitrogens with two attached hydrogens (primary N) is 1. The molecule has 2 aromatic rings. The van der Waals surface area contributed by atoms with Gasteiger partial charge in [0.05, 0.1) is 4.92 Å². The van der Waals surface area contributed by atoms with Crippen LogP contribution in [0.3, 0.4) is 0 Å². The number of esters is 1. The van der Waals surface area contributed by atoms with Gasteiger partial charge in [-0.25, -0.2) is 4.79 Å². The molecule has 2 saturated heterocycles. The maximum Gasteiger partial charge on any atom is 0.330 e. The second-order valence-electron chi connectivity index (χ2n) is 8.67. The summed E-state index contributed by atoms with van der Waals surface area (Å²) in [5.74, 6) is -1.40. The number of nitrogens with one attached hydrogen (secondary N) is 1. The highest BCUT2D eigenvalue weighted by Gasteiger charge is 2.64. The molecular formula is C23H25ClN4O6S. The second kappa shape index (κ2) is 10.2. The molecule has 1 unspecified atom stereocenters. The zero-order chi connectivity index (χ0) is 24.6. The number of ether oxygens (including phenoxy) is 1. The summed E-state index contributed by atoms with van der Waals surface area (Å²) in [6, 6.07) is 12.0. The fraction of sp³-hybridized carbons (Fsp3) is 0.348. The number of halogens is 1. The molecule has 2 heterocycles. The van der Waals surface area contributed by atoms with Gasteiger partial charge in [-0.05, 0) is 37.1 Å². The maximum atomic E-state index is 12.9. The molecule has 4 rings (SSSR count). The zero-order valence-electron chi connectivity index (χ0n) is 19.0. The number of nitrogens with zero attached hydrogens (tertiary/aromatic N) is 2. The minimum Gasteiger partial charge on any atom is -0.459 e. The van der Waals surface area contributed by atoms with E-state index >= 15 is 0 Å². The van der Waals surface area contributed by atoms with Crippen LogP contribution in [0.25, 0.3) is 0 Å². The Bertz CT molecular complexity index is 1130. The molecule has 2 amide bonds. The summed E-state index contributed by atoms with van der Waals surface area (Å²) in [7, 11) is 0. The molecule has 3 N–H and O–H groups in total. The Morgan fingerprint density at radius 1 is 1.20 bits per heavy atom. The van der Waals surface area contributed by atoms with Crippen molar-refractivity contribution in [2.75, 3.05) is 0 Å². The molecule has 2 aliphatic heterocycles. The molecule has 35 heavy (non-hydrogen) atoms. The van der Waals surface area contributed by atoms with Gasteiger partial charge in [0.1, 0.15) is 30.1 Å². The monoisotopic (exact) mass is 520 g/mol. The lowest BCUT2D eigenvalue weighted by Crippen LogP contribution is -2.71. The molecule has 0 radical (unpaired) electrons. The third kappa shape index (κ3) is 5.12. The summed E-state index contributed by atoms with van der Waals surface area (Å²) < 4.78 is 4.79. The number of hydrogen-bond donors (Lipinski definition) is 2. The molecule has 2 aliphatic rings. The average Bonchev–Trinajstić information content (AvgIpc) is 3.08. The van der Waals surface area contributed by atoms with Crippen LogP contribution < -0.4 is 11.1 Å². The zero-order valence-corrected chi connectivity index (χ0v) is 20.6. The van der Waals surface area contributed by atoms with Crippen LogP contribution in [0, 0.1) is 10.1 Å². The summed E-state index contributed by atoms with van der Waals surface area (Å²) in [4.78, 5) is 50.2. The Morgan fingerprint density at radius 3 is 2.43 bits per heavy atom. The molecule has 0 aliphatic carbocycles. The van der Waals surface area contributed by atoms with E-state index in [1.54, 1.807) is 24.3 Å². The minimum atomic E-state index is -0.912. The van der Waals surface area contributed by atoms with E-state index in [0.717, 1.165) is 0 Å². The quantitative estimate of drug-likeness (QED) is 0.245. The number of carbonyl (C=O) groups is 3. The van der Waals surface area contributed by atoms with E-state index in [-0.39, 0.29) is 30.6 Å². The van der Waals surface area contributed by atoms with Crippen LogP contribution in [0.4, 0.5) is 5.69 Å². The number of rotatable bonds is 7. The van der Waals surface area contributed by atoms with Crippen molar-refractivity contribution in [1.82, 2.24) is 10.2 Å². The minimum absolute atomic E-state index is 0. The number of thioether (sulfide) groups is 1. The number of hydrogen-bond acceptors (Lipinski definition) is 8. The highest BCUT2D eigenvalue weighted by atomic mass is 35.5. The number of non-ortho nitro benzene ring substituents is 1. The molecule has 12 heteroatoms. The van der Waals surface area contributed by atoms with Crippen molar-refractivity contribution >= 4 is 47.6 Å². The Balaban J connectivity index is 0.00000342. The van der Waals surface area contributed by atoms with Crippen molar-refractivity contribution in [2.24, 2.45) is 5.73 Å². The fourth-order valence-corrected chi connectivity index (χ4v) is 5.75. The van der Waals surface area contributed by atoms with Gasteiger partial charge in [-0.2, -0.15) is 0 Å². The van der Waals surface area contributed by atoms with Crippen LogP contribution in [-0.4, -0.2) is 49.8 Å². The first-order valence-corrected chi connectivity index (χ1v) is 11.5. The van der Waals surface area contributed by atoms with Gasteiger partial charge in [-0.1, -0.05) is 30.3 Å². The predicted molar refractivity (Wildman–Crippen MR) is 132 cm³/mol. The van der Waals surface area contributed by atoms with Crippen molar-refractivity contribution in [1.29, 1.82) is 0 Å². The SMILES string of the molecule is CC1(C)S[C@@H]2[C@H](NC(=O)C(N)c3ccccc3)C(=O)N2[C@H]1C(=O)OCc1ccc([N+](=O)[O-])cc1.Cl. The van der Waals surface area contributed by atoms with Crippen molar-refractivity contribution in [3.05, 3.63) is 75.8 Å². The molecule has 4 atom stereocenters. The first kappa shape index (κ1) is 26.5. The molecule has 186 valence electrons. The Morgan fingerprint density at radius 2 is 1.83 bits per heavy atom. The first-order chi connectivity index (χ1) is 16.1. The number of amides is 2. The lowest BCUT2D eigenvalue weighted by Gasteiger charge is -2.44. The smallest absolute Gasteiger partial charge is 0.330 e. The van der Waals surface area contributed by atoms with E-state index in [1.165, 1.54) is 40.9 Å². The van der Waals surface area contributed by atoms with Crippen molar-refractivity contribution < 1.29 is 24.0 Å². The van der Waals surface area contributed by atoms with E-state index in [0.29, 0.717) is 11.1 Å². The number of nitro benzene ring substituents is 1. The van der Waals surface area contributed by atoms with Crippen LogP contribution >= 0.6 is 24.2 Å².